The van der Waals surface area contributed by atoms with E-state index in [0.29, 0.717) is 18.0 Å². The Bertz CT molecular complexity index is 1620. The molecule has 5 rings (SSSR count). The van der Waals surface area contributed by atoms with Crippen molar-refractivity contribution >= 4 is 29.5 Å². The summed E-state index contributed by atoms with van der Waals surface area (Å²) >= 11 is 0. The lowest BCUT2D eigenvalue weighted by molar-refractivity contribution is -0.141. The fraction of sp³-hybridized carbons (Fsp3) is 0.176. The van der Waals surface area contributed by atoms with Crippen molar-refractivity contribution in [2.75, 3.05) is 18.4 Å². The number of benzene rings is 4. The maximum Gasteiger partial charge on any atom is 0.326 e. The van der Waals surface area contributed by atoms with Gasteiger partial charge >= 0.3 is 12.0 Å². The van der Waals surface area contributed by atoms with Crippen LogP contribution in [0, 0.1) is 0 Å². The van der Waals surface area contributed by atoms with Crippen molar-refractivity contribution < 1.29 is 29.0 Å². The third-order valence-corrected chi connectivity index (χ3v) is 7.13. The molecular formula is C34H32N4O6. The number of rotatable bonds is 10. The van der Waals surface area contributed by atoms with E-state index in [0.717, 1.165) is 16.7 Å². The Morgan fingerprint density at radius 2 is 1.50 bits per heavy atom. The Labute approximate surface area is 254 Å². The smallest absolute Gasteiger partial charge is 0.326 e. The lowest BCUT2D eigenvalue weighted by Crippen LogP contribution is -2.48. The van der Waals surface area contributed by atoms with Gasteiger partial charge in [-0.2, -0.15) is 0 Å². The van der Waals surface area contributed by atoms with Gasteiger partial charge < -0.3 is 30.7 Å². The quantitative estimate of drug-likeness (QED) is 0.216. The lowest BCUT2D eigenvalue weighted by atomic mass is 10.1. The first kappa shape index (κ1) is 29.8. The predicted molar refractivity (Wildman–Crippen MR) is 164 cm³/mol. The molecule has 2 unspecified atom stereocenters. The SMILES string of the molecule is O=C(CN1CC(c2ccccc2)Oc2ccc(NC(=O)NCc3ccccc3)cc2C1=O)NC(Cc1ccccc1)C(=O)O. The normalized spacial score (nSPS) is 14.8. The largest absolute Gasteiger partial charge is 0.483 e. The van der Waals surface area contributed by atoms with Crippen LogP contribution in [0.4, 0.5) is 10.5 Å². The van der Waals surface area contributed by atoms with E-state index >= 15 is 0 Å². The highest BCUT2D eigenvalue weighted by atomic mass is 16.5. The highest BCUT2D eigenvalue weighted by molar-refractivity contribution is 6.01. The summed E-state index contributed by atoms with van der Waals surface area (Å²) in [4.78, 5) is 52.9. The van der Waals surface area contributed by atoms with Crippen LogP contribution in [-0.4, -0.2) is 53.0 Å². The van der Waals surface area contributed by atoms with Crippen molar-refractivity contribution in [2.45, 2.75) is 25.1 Å². The van der Waals surface area contributed by atoms with Crippen molar-refractivity contribution in [3.05, 3.63) is 131 Å². The maximum atomic E-state index is 13.8. The topological polar surface area (TPSA) is 137 Å². The fourth-order valence-corrected chi connectivity index (χ4v) is 4.92. The highest BCUT2D eigenvalue weighted by Gasteiger charge is 2.32. The van der Waals surface area contributed by atoms with E-state index in [9.17, 15) is 24.3 Å². The third kappa shape index (κ3) is 7.80. The fourth-order valence-electron chi connectivity index (χ4n) is 4.92. The van der Waals surface area contributed by atoms with Crippen molar-refractivity contribution in [2.24, 2.45) is 0 Å². The summed E-state index contributed by atoms with van der Waals surface area (Å²) in [5, 5.41) is 17.8. The molecule has 0 spiro atoms. The summed E-state index contributed by atoms with van der Waals surface area (Å²) in [6.45, 7) is -0.0244. The minimum Gasteiger partial charge on any atom is -0.483 e. The molecule has 1 heterocycles. The molecule has 0 fully saturated rings. The number of carboxylic acid groups (broad SMARTS) is 1. The Hall–Kier alpha value is -5.64. The molecule has 4 N–H and O–H groups in total. The molecule has 44 heavy (non-hydrogen) atoms. The Morgan fingerprint density at radius 1 is 0.864 bits per heavy atom. The summed E-state index contributed by atoms with van der Waals surface area (Å²) in [5.74, 6) is -1.99. The number of carbonyl (C=O) groups is 4. The van der Waals surface area contributed by atoms with Crippen LogP contribution in [0.2, 0.25) is 0 Å². The molecule has 1 aliphatic rings. The summed E-state index contributed by atoms with van der Waals surface area (Å²) in [5.41, 5.74) is 3.01. The second-order valence-electron chi connectivity index (χ2n) is 10.4. The van der Waals surface area contributed by atoms with Crippen LogP contribution in [0.1, 0.15) is 33.2 Å². The molecule has 4 aromatic carbocycles. The van der Waals surface area contributed by atoms with Gasteiger partial charge in [-0.15, -0.1) is 0 Å². The van der Waals surface area contributed by atoms with Crippen molar-refractivity contribution in [3.8, 4) is 5.75 Å². The standard InChI is InChI=1S/C34H32N4O6/c39-31(37-28(33(41)42)18-23-10-4-1-5-11-23)22-38-21-30(25-14-8-3-9-15-25)44-29-17-16-26(19-27(29)32(38)40)36-34(43)35-20-24-12-6-2-7-13-24/h1-17,19,28,30H,18,20-22H2,(H,37,39)(H,41,42)(H2,35,36,43). The summed E-state index contributed by atoms with van der Waals surface area (Å²) in [6.07, 6.45) is -0.503. The number of fused-ring (bicyclic) bond motifs is 1. The number of carbonyl (C=O) groups excluding carboxylic acids is 3. The van der Waals surface area contributed by atoms with E-state index < -0.39 is 42.5 Å². The van der Waals surface area contributed by atoms with E-state index in [-0.39, 0.29) is 18.5 Å². The molecule has 0 saturated carbocycles. The number of amides is 4. The molecule has 0 aliphatic carbocycles. The van der Waals surface area contributed by atoms with E-state index in [1.54, 1.807) is 36.4 Å². The van der Waals surface area contributed by atoms with Crippen LogP contribution < -0.4 is 20.7 Å². The van der Waals surface area contributed by atoms with E-state index in [2.05, 4.69) is 16.0 Å². The molecule has 224 valence electrons. The first-order valence-corrected chi connectivity index (χ1v) is 14.2. The number of ether oxygens (including phenoxy) is 1. The molecule has 4 amide bonds. The summed E-state index contributed by atoms with van der Waals surface area (Å²) in [6, 6.07) is 30.9. The van der Waals surface area contributed by atoms with Gasteiger partial charge in [-0.1, -0.05) is 91.0 Å². The Balaban J connectivity index is 1.34. The molecular weight excluding hydrogens is 560 g/mol. The van der Waals surface area contributed by atoms with E-state index in [4.69, 9.17) is 4.74 Å². The van der Waals surface area contributed by atoms with Crippen molar-refractivity contribution in [1.82, 2.24) is 15.5 Å². The van der Waals surface area contributed by atoms with E-state index in [1.165, 1.54) is 11.0 Å². The van der Waals surface area contributed by atoms with Crippen LogP contribution >= 0.6 is 0 Å². The minimum atomic E-state index is -1.18. The Morgan fingerprint density at radius 3 is 2.16 bits per heavy atom. The number of anilines is 1. The number of hydrogen-bond donors (Lipinski definition) is 4. The average Bonchev–Trinajstić information content (AvgIpc) is 3.17. The molecule has 0 saturated heterocycles. The predicted octanol–water partition coefficient (Wildman–Crippen LogP) is 4.40. The number of carboxylic acids is 1. The molecule has 0 aromatic heterocycles. The van der Waals surface area contributed by atoms with Crippen LogP contribution in [0.5, 0.6) is 5.75 Å². The minimum absolute atomic E-state index is 0.0433. The molecule has 10 heteroatoms. The van der Waals surface area contributed by atoms with Gasteiger partial charge in [0.1, 0.15) is 24.4 Å². The number of hydrogen-bond acceptors (Lipinski definition) is 5. The first-order chi connectivity index (χ1) is 21.4. The van der Waals surface area contributed by atoms with Gasteiger partial charge in [0, 0.05) is 18.7 Å². The van der Waals surface area contributed by atoms with Crippen LogP contribution in [0.3, 0.4) is 0 Å². The Kier molecular flexibility index (Phi) is 9.51. The number of urea groups is 1. The second kappa shape index (κ2) is 14.0. The molecule has 10 nitrogen and oxygen atoms in total. The summed E-state index contributed by atoms with van der Waals surface area (Å²) in [7, 11) is 0. The molecule has 0 bridgehead atoms. The molecule has 4 aromatic rings. The lowest BCUT2D eigenvalue weighted by Gasteiger charge is -2.25. The zero-order valence-corrected chi connectivity index (χ0v) is 23.8. The monoisotopic (exact) mass is 592 g/mol. The van der Waals surface area contributed by atoms with Gasteiger partial charge in [0.25, 0.3) is 5.91 Å². The van der Waals surface area contributed by atoms with Gasteiger partial charge in [0.2, 0.25) is 5.91 Å². The molecule has 1 aliphatic heterocycles. The third-order valence-electron chi connectivity index (χ3n) is 7.13. The number of nitrogens with one attached hydrogen (secondary N) is 3. The molecule has 0 radical (unpaired) electrons. The number of aliphatic carboxylic acids is 1. The highest BCUT2D eigenvalue weighted by Crippen LogP contribution is 2.33. The first-order valence-electron chi connectivity index (χ1n) is 14.2. The molecule has 2 atom stereocenters. The van der Waals surface area contributed by atoms with Crippen LogP contribution in [-0.2, 0) is 22.6 Å². The van der Waals surface area contributed by atoms with Crippen molar-refractivity contribution in [1.29, 1.82) is 0 Å². The van der Waals surface area contributed by atoms with Gasteiger partial charge in [-0.05, 0) is 34.9 Å². The average molecular weight is 593 g/mol. The second-order valence-corrected chi connectivity index (χ2v) is 10.4. The maximum absolute atomic E-state index is 13.8. The van der Waals surface area contributed by atoms with Gasteiger partial charge in [0.15, 0.2) is 0 Å². The van der Waals surface area contributed by atoms with Crippen LogP contribution in [0.15, 0.2) is 109 Å². The summed E-state index contributed by atoms with van der Waals surface area (Å²) < 4.78 is 6.27. The van der Waals surface area contributed by atoms with Gasteiger partial charge in [-0.3, -0.25) is 9.59 Å². The van der Waals surface area contributed by atoms with Crippen molar-refractivity contribution in [3.63, 3.8) is 0 Å². The zero-order chi connectivity index (χ0) is 30.9. The van der Waals surface area contributed by atoms with Gasteiger partial charge in [0.05, 0.1) is 12.1 Å². The van der Waals surface area contributed by atoms with Crippen LogP contribution in [0.25, 0.3) is 0 Å². The number of nitrogens with zero attached hydrogens (tertiary/aromatic N) is 1. The van der Waals surface area contributed by atoms with E-state index in [1.807, 2.05) is 66.7 Å². The van der Waals surface area contributed by atoms with Gasteiger partial charge in [-0.25, -0.2) is 9.59 Å². The zero-order valence-electron chi connectivity index (χ0n) is 23.8.